The predicted molar refractivity (Wildman–Crippen MR) is 111 cm³/mol. The van der Waals surface area contributed by atoms with Crippen molar-refractivity contribution in [3.05, 3.63) is 52.0 Å². The number of nitrogens with one attached hydrogen (secondary N) is 1. The maximum Gasteiger partial charge on any atom is 0.277 e. The summed E-state index contributed by atoms with van der Waals surface area (Å²) in [5, 5.41) is 12.1. The minimum atomic E-state index is -0.306. The lowest BCUT2D eigenvalue weighted by Crippen LogP contribution is -2.15. The van der Waals surface area contributed by atoms with Gasteiger partial charge in [-0.1, -0.05) is 11.3 Å². The number of halogens is 1. The average molecular weight is 461 g/mol. The molecule has 0 radical (unpaired) electrons. The molecular formula is C18H17BrN6O2S. The third kappa shape index (κ3) is 3.52. The Hall–Kier alpha value is -2.72. The number of anilines is 1. The standard InChI is InChI=1S/C18H17BrN6O2S/c1-10-16(19)11(2)25(22-10)9-24-7-6-14(23-24)17(26)21-18-20-13-5-4-12(27-3)8-15(13)28-18/h4-8H,9H2,1-3H3,(H,20,21,26). The van der Waals surface area contributed by atoms with Gasteiger partial charge in [-0.2, -0.15) is 10.2 Å². The highest BCUT2D eigenvalue weighted by atomic mass is 79.9. The summed E-state index contributed by atoms with van der Waals surface area (Å²) in [4.78, 5) is 17.0. The van der Waals surface area contributed by atoms with E-state index >= 15 is 0 Å². The van der Waals surface area contributed by atoms with E-state index in [-0.39, 0.29) is 5.91 Å². The number of aryl methyl sites for hydroxylation is 1. The van der Waals surface area contributed by atoms with Crippen LogP contribution in [0, 0.1) is 13.8 Å². The van der Waals surface area contributed by atoms with Crippen LogP contribution in [0.4, 0.5) is 5.13 Å². The van der Waals surface area contributed by atoms with Crippen molar-refractivity contribution in [1.29, 1.82) is 0 Å². The zero-order valence-corrected chi connectivity index (χ0v) is 17.8. The van der Waals surface area contributed by atoms with Gasteiger partial charge in [0.25, 0.3) is 5.91 Å². The second-order valence-electron chi connectivity index (χ2n) is 6.17. The van der Waals surface area contributed by atoms with Gasteiger partial charge in [-0.15, -0.1) is 0 Å². The Morgan fingerprint density at radius 1 is 1.29 bits per heavy atom. The van der Waals surface area contributed by atoms with Gasteiger partial charge in [0, 0.05) is 6.20 Å². The lowest BCUT2D eigenvalue weighted by atomic mass is 10.3. The molecule has 10 heteroatoms. The Morgan fingerprint density at radius 3 is 2.82 bits per heavy atom. The van der Waals surface area contributed by atoms with E-state index in [4.69, 9.17) is 4.74 Å². The smallest absolute Gasteiger partial charge is 0.277 e. The molecule has 144 valence electrons. The van der Waals surface area contributed by atoms with E-state index in [1.807, 2.05) is 36.7 Å². The van der Waals surface area contributed by atoms with Crippen LogP contribution in [0.1, 0.15) is 21.9 Å². The lowest BCUT2D eigenvalue weighted by Gasteiger charge is -2.04. The highest BCUT2D eigenvalue weighted by Crippen LogP contribution is 2.29. The first-order valence-electron chi connectivity index (χ1n) is 8.43. The summed E-state index contributed by atoms with van der Waals surface area (Å²) in [7, 11) is 1.62. The zero-order valence-electron chi connectivity index (χ0n) is 15.4. The van der Waals surface area contributed by atoms with E-state index < -0.39 is 0 Å². The Kier molecular flexibility index (Phi) is 4.90. The van der Waals surface area contributed by atoms with Gasteiger partial charge in [0.05, 0.1) is 33.2 Å². The minimum absolute atomic E-state index is 0.306. The van der Waals surface area contributed by atoms with E-state index in [0.29, 0.717) is 17.5 Å². The van der Waals surface area contributed by atoms with Crippen LogP contribution < -0.4 is 10.1 Å². The first kappa shape index (κ1) is 18.6. The Balaban J connectivity index is 1.49. The van der Waals surface area contributed by atoms with Crippen molar-refractivity contribution in [2.45, 2.75) is 20.5 Å². The van der Waals surface area contributed by atoms with Crippen LogP contribution in [0.15, 0.2) is 34.9 Å². The van der Waals surface area contributed by atoms with Gasteiger partial charge in [-0.3, -0.25) is 14.8 Å². The third-order valence-electron chi connectivity index (χ3n) is 4.26. The summed E-state index contributed by atoms with van der Waals surface area (Å²) in [6, 6.07) is 7.27. The fourth-order valence-electron chi connectivity index (χ4n) is 2.76. The Morgan fingerprint density at radius 2 is 2.11 bits per heavy atom. The van der Waals surface area contributed by atoms with Gasteiger partial charge in [-0.05, 0) is 54.0 Å². The van der Waals surface area contributed by atoms with Crippen molar-refractivity contribution in [3.8, 4) is 5.75 Å². The van der Waals surface area contributed by atoms with E-state index in [2.05, 4.69) is 36.4 Å². The summed E-state index contributed by atoms with van der Waals surface area (Å²) in [6.07, 6.45) is 1.75. The molecule has 0 aliphatic carbocycles. The highest BCUT2D eigenvalue weighted by Gasteiger charge is 2.14. The quantitative estimate of drug-likeness (QED) is 0.488. The molecule has 0 atom stereocenters. The van der Waals surface area contributed by atoms with Crippen molar-refractivity contribution in [2.24, 2.45) is 0 Å². The van der Waals surface area contributed by atoms with E-state index in [1.54, 1.807) is 24.1 Å². The van der Waals surface area contributed by atoms with Crippen molar-refractivity contribution in [3.63, 3.8) is 0 Å². The molecule has 0 unspecified atom stereocenters. The van der Waals surface area contributed by atoms with E-state index in [1.165, 1.54) is 11.3 Å². The molecule has 0 aliphatic rings. The Bertz CT molecular complexity index is 1180. The summed E-state index contributed by atoms with van der Waals surface area (Å²) < 4.78 is 10.6. The fourth-order valence-corrected chi connectivity index (χ4v) is 3.93. The number of benzene rings is 1. The summed E-state index contributed by atoms with van der Waals surface area (Å²) >= 11 is 4.90. The molecule has 4 rings (SSSR count). The third-order valence-corrected chi connectivity index (χ3v) is 6.34. The van der Waals surface area contributed by atoms with Crippen molar-refractivity contribution in [2.75, 3.05) is 12.4 Å². The largest absolute Gasteiger partial charge is 0.497 e. The number of aromatic nitrogens is 5. The van der Waals surface area contributed by atoms with Crippen LogP contribution in [0.5, 0.6) is 5.75 Å². The van der Waals surface area contributed by atoms with Crippen LogP contribution in [-0.4, -0.2) is 37.6 Å². The average Bonchev–Trinajstić information content (AvgIpc) is 3.36. The molecule has 1 N–H and O–H groups in total. The summed E-state index contributed by atoms with van der Waals surface area (Å²) in [5.41, 5.74) is 3.04. The van der Waals surface area contributed by atoms with Crippen LogP contribution in [-0.2, 0) is 6.67 Å². The molecule has 28 heavy (non-hydrogen) atoms. The number of rotatable bonds is 5. The minimum Gasteiger partial charge on any atom is -0.497 e. The second-order valence-corrected chi connectivity index (χ2v) is 8.00. The van der Waals surface area contributed by atoms with Crippen molar-refractivity contribution >= 4 is 48.5 Å². The van der Waals surface area contributed by atoms with Gasteiger partial charge < -0.3 is 4.74 Å². The molecule has 0 saturated heterocycles. The molecule has 1 amide bonds. The summed E-state index contributed by atoms with van der Waals surface area (Å²) in [5.74, 6) is 0.447. The SMILES string of the molecule is COc1ccc2nc(NC(=O)c3ccn(Cn4nc(C)c(Br)c4C)n3)sc2c1. The van der Waals surface area contributed by atoms with Gasteiger partial charge in [0.1, 0.15) is 12.4 Å². The molecule has 0 fully saturated rings. The Labute approximate surface area is 173 Å². The van der Waals surface area contributed by atoms with Gasteiger partial charge in [0.2, 0.25) is 0 Å². The molecule has 0 bridgehead atoms. The number of methoxy groups -OCH3 is 1. The van der Waals surface area contributed by atoms with Crippen molar-refractivity contribution < 1.29 is 9.53 Å². The molecular weight excluding hydrogens is 444 g/mol. The molecule has 8 nitrogen and oxygen atoms in total. The van der Waals surface area contributed by atoms with Gasteiger partial charge >= 0.3 is 0 Å². The zero-order chi connectivity index (χ0) is 19.8. The topological polar surface area (TPSA) is 86.9 Å². The maximum absolute atomic E-state index is 12.5. The van der Waals surface area contributed by atoms with Gasteiger partial charge in [-0.25, -0.2) is 9.67 Å². The number of nitrogens with zero attached hydrogens (tertiary/aromatic N) is 5. The number of ether oxygens (including phenoxy) is 1. The number of carbonyl (C=O) groups is 1. The molecule has 4 aromatic rings. The summed E-state index contributed by atoms with van der Waals surface area (Å²) in [6.45, 7) is 4.33. The second kappa shape index (κ2) is 7.36. The van der Waals surface area contributed by atoms with E-state index in [0.717, 1.165) is 31.8 Å². The fraction of sp³-hybridized carbons (Fsp3) is 0.222. The van der Waals surface area contributed by atoms with Gasteiger partial charge in [0.15, 0.2) is 10.8 Å². The molecule has 1 aromatic carbocycles. The van der Waals surface area contributed by atoms with Crippen molar-refractivity contribution in [1.82, 2.24) is 24.5 Å². The molecule has 0 spiro atoms. The number of fused-ring (bicyclic) bond motifs is 1. The first-order chi connectivity index (χ1) is 13.4. The van der Waals surface area contributed by atoms with E-state index in [9.17, 15) is 4.79 Å². The maximum atomic E-state index is 12.5. The predicted octanol–water partition coefficient (Wildman–Crippen LogP) is 3.84. The molecule has 3 aromatic heterocycles. The number of hydrogen-bond donors (Lipinski definition) is 1. The molecule has 0 aliphatic heterocycles. The molecule has 3 heterocycles. The number of hydrogen-bond acceptors (Lipinski definition) is 6. The van der Waals surface area contributed by atoms with Crippen LogP contribution >= 0.6 is 27.3 Å². The lowest BCUT2D eigenvalue weighted by molar-refractivity contribution is 0.102. The number of thiazole rings is 1. The highest BCUT2D eigenvalue weighted by molar-refractivity contribution is 9.10. The van der Waals surface area contributed by atoms with Crippen LogP contribution in [0.25, 0.3) is 10.2 Å². The number of amides is 1. The molecule has 0 saturated carbocycles. The monoisotopic (exact) mass is 460 g/mol. The number of carbonyl (C=O) groups excluding carboxylic acids is 1. The van der Waals surface area contributed by atoms with Crippen LogP contribution in [0.2, 0.25) is 0 Å². The first-order valence-corrected chi connectivity index (χ1v) is 10.0. The normalized spacial score (nSPS) is 11.1. The van der Waals surface area contributed by atoms with Crippen LogP contribution in [0.3, 0.4) is 0 Å².